The molecule has 1 atom stereocenters. The van der Waals surface area contributed by atoms with Crippen molar-refractivity contribution in [3.63, 3.8) is 0 Å². The number of carbonyl (C=O) groups excluding carboxylic acids is 2. The molecule has 13 heavy (non-hydrogen) atoms. The number of carbonyl (C=O) groups is 2. The molecule has 1 heterocycles. The summed E-state index contributed by atoms with van der Waals surface area (Å²) < 4.78 is 0.933. The molecule has 4 N–H and O–H groups in total. The van der Waals surface area contributed by atoms with Crippen molar-refractivity contribution in [2.75, 3.05) is 6.54 Å². The second kappa shape index (κ2) is 3.84. The van der Waals surface area contributed by atoms with Crippen LogP contribution < -0.4 is 11.5 Å². The van der Waals surface area contributed by atoms with E-state index in [-0.39, 0.29) is 0 Å². The highest BCUT2D eigenvalue weighted by molar-refractivity contribution is 7.78. The fourth-order valence-electron chi connectivity index (χ4n) is 1.39. The van der Waals surface area contributed by atoms with Gasteiger partial charge in [0.15, 0.2) is 0 Å². The Kier molecular flexibility index (Phi) is 2.99. The average molecular weight is 204 g/mol. The minimum Gasteiger partial charge on any atom is -0.368 e. The Labute approximate surface area is 81.3 Å². The number of primary amides is 2. The van der Waals surface area contributed by atoms with Gasteiger partial charge in [-0.05, 0) is 25.7 Å². The molecule has 0 aromatic rings. The lowest BCUT2D eigenvalue weighted by molar-refractivity contribution is -0.124. The standard InChI is InChI=1S/C6H12N4O2S/c7-5(11)4-2-1-3-9(4)10(13)6(8)12/h4,13H,1-3H2,(H2,7,11)(H2,8,12)/t4-/m0/s1. The molecule has 0 unspecified atom stereocenters. The van der Waals surface area contributed by atoms with E-state index in [1.165, 1.54) is 5.01 Å². The zero-order valence-electron chi connectivity index (χ0n) is 7.01. The fourth-order valence-corrected chi connectivity index (χ4v) is 1.61. The van der Waals surface area contributed by atoms with E-state index < -0.39 is 18.0 Å². The molecule has 0 aromatic carbocycles. The van der Waals surface area contributed by atoms with Crippen LogP contribution in [0.25, 0.3) is 0 Å². The van der Waals surface area contributed by atoms with Gasteiger partial charge in [-0.15, -0.1) is 0 Å². The number of hydrogen-bond donors (Lipinski definition) is 3. The number of urea groups is 1. The average Bonchev–Trinajstić information content (AvgIpc) is 2.50. The molecule has 0 saturated carbocycles. The van der Waals surface area contributed by atoms with E-state index in [1.807, 2.05) is 0 Å². The molecule has 7 heteroatoms. The van der Waals surface area contributed by atoms with Gasteiger partial charge in [0.05, 0.1) is 0 Å². The summed E-state index contributed by atoms with van der Waals surface area (Å²) in [7, 11) is 0. The van der Waals surface area contributed by atoms with Gasteiger partial charge in [-0.2, -0.15) is 9.42 Å². The van der Waals surface area contributed by atoms with Crippen molar-refractivity contribution in [3.05, 3.63) is 0 Å². The second-order valence-electron chi connectivity index (χ2n) is 2.85. The first-order valence-corrected chi connectivity index (χ1v) is 4.28. The highest BCUT2D eigenvalue weighted by Crippen LogP contribution is 2.20. The van der Waals surface area contributed by atoms with Crippen LogP contribution in [0.3, 0.4) is 0 Å². The Morgan fingerprint density at radius 2 is 2.08 bits per heavy atom. The summed E-state index contributed by atoms with van der Waals surface area (Å²) in [6.07, 6.45) is 1.44. The van der Waals surface area contributed by atoms with Crippen LogP contribution >= 0.6 is 12.8 Å². The van der Waals surface area contributed by atoms with Gasteiger partial charge in [0, 0.05) is 6.54 Å². The van der Waals surface area contributed by atoms with Crippen molar-refractivity contribution in [1.29, 1.82) is 0 Å². The maximum Gasteiger partial charge on any atom is 0.339 e. The zero-order chi connectivity index (χ0) is 10.0. The van der Waals surface area contributed by atoms with E-state index in [1.54, 1.807) is 0 Å². The van der Waals surface area contributed by atoms with Crippen molar-refractivity contribution in [2.24, 2.45) is 11.5 Å². The Morgan fingerprint density at radius 1 is 1.46 bits per heavy atom. The van der Waals surface area contributed by atoms with Gasteiger partial charge in [-0.1, -0.05) is 0 Å². The zero-order valence-corrected chi connectivity index (χ0v) is 7.91. The largest absolute Gasteiger partial charge is 0.368 e. The van der Waals surface area contributed by atoms with Crippen LogP contribution in [0.15, 0.2) is 0 Å². The molecule has 0 bridgehead atoms. The normalized spacial score (nSPS) is 23.0. The number of nitrogens with two attached hydrogens (primary N) is 2. The third kappa shape index (κ3) is 2.04. The van der Waals surface area contributed by atoms with Crippen molar-refractivity contribution in [3.8, 4) is 0 Å². The quantitative estimate of drug-likeness (QED) is 0.508. The lowest BCUT2D eigenvalue weighted by Gasteiger charge is -2.28. The number of rotatable bonds is 2. The van der Waals surface area contributed by atoms with Gasteiger partial charge < -0.3 is 11.5 Å². The first-order chi connectivity index (χ1) is 6.04. The van der Waals surface area contributed by atoms with Crippen molar-refractivity contribution >= 4 is 24.8 Å². The summed E-state index contributed by atoms with van der Waals surface area (Å²) in [6, 6.07) is -1.18. The van der Waals surface area contributed by atoms with E-state index in [2.05, 4.69) is 12.8 Å². The smallest absolute Gasteiger partial charge is 0.339 e. The van der Waals surface area contributed by atoms with Crippen molar-refractivity contribution < 1.29 is 9.59 Å². The van der Waals surface area contributed by atoms with Crippen LogP contribution in [0.5, 0.6) is 0 Å². The number of amides is 3. The van der Waals surface area contributed by atoms with E-state index >= 15 is 0 Å². The minimum atomic E-state index is -0.712. The highest BCUT2D eigenvalue weighted by atomic mass is 32.1. The lowest BCUT2D eigenvalue weighted by atomic mass is 10.2. The third-order valence-electron chi connectivity index (χ3n) is 1.99. The summed E-state index contributed by atoms with van der Waals surface area (Å²) in [4.78, 5) is 21.6. The van der Waals surface area contributed by atoms with Gasteiger partial charge in [0.2, 0.25) is 5.91 Å². The molecule has 1 saturated heterocycles. The Hall–Kier alpha value is -0.950. The fraction of sp³-hybridized carbons (Fsp3) is 0.667. The SMILES string of the molecule is NC(=O)[C@@H]1CCCN1N(S)C(N)=O. The molecule has 1 fully saturated rings. The summed E-state index contributed by atoms with van der Waals surface area (Å²) >= 11 is 3.85. The number of thiol groups is 1. The molecule has 1 aliphatic heterocycles. The Bertz CT molecular complexity index is 235. The van der Waals surface area contributed by atoms with Crippen molar-refractivity contribution in [2.45, 2.75) is 18.9 Å². The molecule has 74 valence electrons. The van der Waals surface area contributed by atoms with Gasteiger partial charge in [0.25, 0.3) is 0 Å². The lowest BCUT2D eigenvalue weighted by Crippen LogP contribution is -2.50. The summed E-state index contributed by atoms with van der Waals surface area (Å²) in [6.45, 7) is 0.569. The van der Waals surface area contributed by atoms with E-state index in [9.17, 15) is 9.59 Å². The van der Waals surface area contributed by atoms with Crippen LogP contribution in [-0.4, -0.2) is 33.9 Å². The van der Waals surface area contributed by atoms with E-state index in [0.29, 0.717) is 13.0 Å². The molecule has 1 rings (SSSR count). The van der Waals surface area contributed by atoms with Gasteiger partial charge in [0.1, 0.15) is 6.04 Å². The first-order valence-electron chi connectivity index (χ1n) is 3.88. The third-order valence-corrected chi connectivity index (χ3v) is 2.42. The topological polar surface area (TPSA) is 92.7 Å². The monoisotopic (exact) mass is 204 g/mol. The van der Waals surface area contributed by atoms with Crippen LogP contribution in [0.4, 0.5) is 4.79 Å². The molecule has 0 spiro atoms. The molecule has 0 radical (unpaired) electrons. The molecular weight excluding hydrogens is 192 g/mol. The number of hydrazine groups is 1. The van der Waals surface area contributed by atoms with Gasteiger partial charge >= 0.3 is 6.03 Å². The first kappa shape index (κ1) is 10.1. The van der Waals surface area contributed by atoms with Gasteiger partial charge in [-0.3, -0.25) is 4.79 Å². The number of hydrogen-bond acceptors (Lipinski definition) is 4. The Balaban J connectivity index is 2.68. The highest BCUT2D eigenvalue weighted by Gasteiger charge is 2.33. The van der Waals surface area contributed by atoms with Crippen molar-refractivity contribution in [1.82, 2.24) is 9.42 Å². The maximum atomic E-state index is 10.9. The molecule has 3 amide bonds. The molecular formula is C6H12N4O2S. The van der Waals surface area contributed by atoms with Crippen LogP contribution in [0.1, 0.15) is 12.8 Å². The van der Waals surface area contributed by atoms with Crippen LogP contribution in [0, 0.1) is 0 Å². The summed E-state index contributed by atoms with van der Waals surface area (Å²) in [5, 5.41) is 1.47. The second-order valence-corrected chi connectivity index (χ2v) is 3.23. The van der Waals surface area contributed by atoms with Crippen LogP contribution in [-0.2, 0) is 4.79 Å². The number of nitrogens with zero attached hydrogens (tertiary/aromatic N) is 2. The summed E-state index contributed by atoms with van der Waals surface area (Å²) in [5.74, 6) is -0.460. The predicted octanol–water partition coefficient (Wildman–Crippen LogP) is -0.923. The van der Waals surface area contributed by atoms with E-state index in [0.717, 1.165) is 10.8 Å². The molecule has 1 aliphatic rings. The predicted molar refractivity (Wildman–Crippen MR) is 49.3 cm³/mol. The molecule has 6 nitrogen and oxygen atoms in total. The van der Waals surface area contributed by atoms with E-state index in [4.69, 9.17) is 11.5 Å². The maximum absolute atomic E-state index is 10.9. The summed E-state index contributed by atoms with van der Waals surface area (Å²) in [5.41, 5.74) is 10.1. The molecule has 0 aromatic heterocycles. The minimum absolute atomic E-state index is 0.460. The molecule has 0 aliphatic carbocycles. The van der Waals surface area contributed by atoms with Gasteiger partial charge in [-0.25, -0.2) is 4.79 Å². The van der Waals surface area contributed by atoms with Crippen LogP contribution in [0.2, 0.25) is 0 Å². The Morgan fingerprint density at radius 3 is 2.54 bits per heavy atom.